The predicted octanol–water partition coefficient (Wildman–Crippen LogP) is 0.816. The number of amides is 2. The zero-order valence-corrected chi connectivity index (χ0v) is 12.0. The van der Waals surface area contributed by atoms with Gasteiger partial charge in [-0.25, -0.2) is 9.69 Å². The second kappa shape index (κ2) is 7.75. The molecular weight excluding hydrogens is 270 g/mol. The average molecular weight is 291 g/mol. The second-order valence-corrected chi connectivity index (χ2v) is 5.00. The summed E-state index contributed by atoms with van der Waals surface area (Å²) in [5, 5.41) is 0. The number of imide groups is 1. The van der Waals surface area contributed by atoms with Gasteiger partial charge in [-0.3, -0.25) is 9.69 Å². The molecule has 1 aliphatic heterocycles. The van der Waals surface area contributed by atoms with Gasteiger partial charge in [-0.1, -0.05) is 30.3 Å². The molecule has 2 N–H and O–H groups in total. The van der Waals surface area contributed by atoms with Crippen molar-refractivity contribution >= 4 is 12.0 Å². The second-order valence-electron chi connectivity index (χ2n) is 5.00. The number of hydrogen-bond donors (Lipinski definition) is 1. The number of nitrogens with zero attached hydrogens (tertiary/aromatic N) is 2. The first-order valence-electron chi connectivity index (χ1n) is 7.14. The fourth-order valence-corrected chi connectivity index (χ4v) is 2.27. The molecule has 114 valence electrons. The lowest BCUT2D eigenvalue weighted by molar-refractivity contribution is -0.129. The smallest absolute Gasteiger partial charge is 0.416 e. The van der Waals surface area contributed by atoms with E-state index in [1.807, 2.05) is 35.2 Å². The highest BCUT2D eigenvalue weighted by Crippen LogP contribution is 2.08. The number of cyclic esters (lactones) is 1. The first kappa shape index (κ1) is 15.5. The summed E-state index contributed by atoms with van der Waals surface area (Å²) < 4.78 is 4.80. The summed E-state index contributed by atoms with van der Waals surface area (Å²) in [5.74, 6) is -0.217. The highest BCUT2D eigenvalue weighted by Gasteiger charge is 2.29. The van der Waals surface area contributed by atoms with Crippen molar-refractivity contribution in [3.05, 3.63) is 35.9 Å². The van der Waals surface area contributed by atoms with Crippen LogP contribution in [0.4, 0.5) is 4.79 Å². The van der Waals surface area contributed by atoms with E-state index in [-0.39, 0.29) is 19.1 Å². The molecule has 1 heterocycles. The molecule has 0 spiro atoms. The van der Waals surface area contributed by atoms with E-state index >= 15 is 0 Å². The van der Waals surface area contributed by atoms with Crippen LogP contribution in [-0.4, -0.2) is 54.6 Å². The van der Waals surface area contributed by atoms with Crippen LogP contribution < -0.4 is 5.73 Å². The van der Waals surface area contributed by atoms with Crippen molar-refractivity contribution in [3.63, 3.8) is 0 Å². The first-order valence-corrected chi connectivity index (χ1v) is 7.14. The number of nitrogens with two attached hydrogens (primary N) is 1. The van der Waals surface area contributed by atoms with Gasteiger partial charge in [-0.2, -0.15) is 0 Å². The molecule has 1 fully saturated rings. The van der Waals surface area contributed by atoms with E-state index in [4.69, 9.17) is 10.5 Å². The minimum Gasteiger partial charge on any atom is -0.447 e. The zero-order valence-electron chi connectivity index (χ0n) is 12.0. The predicted molar refractivity (Wildman–Crippen MR) is 78.5 cm³/mol. The minimum absolute atomic E-state index is 0.198. The maximum atomic E-state index is 12.2. The third-order valence-electron chi connectivity index (χ3n) is 3.35. The number of carbonyl (C=O) groups excluding carboxylic acids is 2. The molecule has 0 atom stereocenters. The molecule has 6 heteroatoms. The van der Waals surface area contributed by atoms with Crippen LogP contribution in [0.1, 0.15) is 12.0 Å². The Balaban J connectivity index is 1.95. The Morgan fingerprint density at radius 2 is 2.10 bits per heavy atom. The fourth-order valence-electron chi connectivity index (χ4n) is 2.27. The number of benzene rings is 1. The van der Waals surface area contributed by atoms with Gasteiger partial charge >= 0.3 is 6.09 Å². The van der Waals surface area contributed by atoms with Crippen LogP contribution in [0.15, 0.2) is 30.3 Å². The van der Waals surface area contributed by atoms with Gasteiger partial charge in [-0.15, -0.1) is 0 Å². The molecular formula is C15H21N3O3. The third-order valence-corrected chi connectivity index (χ3v) is 3.35. The molecule has 21 heavy (non-hydrogen) atoms. The van der Waals surface area contributed by atoms with Crippen LogP contribution in [0.2, 0.25) is 0 Å². The summed E-state index contributed by atoms with van der Waals surface area (Å²) in [7, 11) is 0. The summed E-state index contributed by atoms with van der Waals surface area (Å²) >= 11 is 0. The highest BCUT2D eigenvalue weighted by molar-refractivity contribution is 5.94. The third kappa shape index (κ3) is 4.54. The quantitative estimate of drug-likeness (QED) is 0.805. The van der Waals surface area contributed by atoms with Gasteiger partial charge in [0.15, 0.2) is 0 Å². The van der Waals surface area contributed by atoms with Gasteiger partial charge in [0.2, 0.25) is 5.91 Å². The van der Waals surface area contributed by atoms with Crippen LogP contribution in [0.3, 0.4) is 0 Å². The molecule has 0 saturated carbocycles. The van der Waals surface area contributed by atoms with Gasteiger partial charge < -0.3 is 10.5 Å². The molecule has 0 aliphatic carbocycles. The van der Waals surface area contributed by atoms with Crippen molar-refractivity contribution in [2.45, 2.75) is 13.0 Å². The zero-order chi connectivity index (χ0) is 15.1. The Morgan fingerprint density at radius 3 is 2.71 bits per heavy atom. The molecule has 1 saturated heterocycles. The van der Waals surface area contributed by atoms with Crippen LogP contribution >= 0.6 is 0 Å². The van der Waals surface area contributed by atoms with Crippen molar-refractivity contribution in [2.24, 2.45) is 5.73 Å². The molecule has 1 aliphatic rings. The Labute approximate surface area is 124 Å². The van der Waals surface area contributed by atoms with Gasteiger partial charge in [-0.05, 0) is 18.5 Å². The number of carbonyl (C=O) groups is 2. The van der Waals surface area contributed by atoms with Crippen molar-refractivity contribution in [3.8, 4) is 0 Å². The lowest BCUT2D eigenvalue weighted by Gasteiger charge is -2.23. The van der Waals surface area contributed by atoms with Crippen molar-refractivity contribution in [1.29, 1.82) is 0 Å². The maximum Gasteiger partial charge on any atom is 0.416 e. The minimum atomic E-state index is -0.543. The molecule has 1 aromatic rings. The van der Waals surface area contributed by atoms with Gasteiger partial charge in [0.25, 0.3) is 0 Å². The molecule has 0 radical (unpaired) electrons. The molecule has 2 amide bonds. The Morgan fingerprint density at radius 1 is 1.33 bits per heavy atom. The maximum absolute atomic E-state index is 12.2. The van der Waals surface area contributed by atoms with Crippen molar-refractivity contribution in [1.82, 2.24) is 9.80 Å². The number of rotatable bonds is 7. The SMILES string of the molecule is NCCCN(CC(=O)N1CCOC1=O)Cc1ccccc1. The number of hydrogen-bond acceptors (Lipinski definition) is 5. The summed E-state index contributed by atoms with van der Waals surface area (Å²) in [6.45, 7) is 2.78. The molecule has 0 unspecified atom stereocenters. The Hall–Kier alpha value is -1.92. The average Bonchev–Trinajstić information content (AvgIpc) is 2.92. The van der Waals surface area contributed by atoms with E-state index < -0.39 is 6.09 Å². The molecule has 6 nitrogen and oxygen atoms in total. The van der Waals surface area contributed by atoms with E-state index in [0.717, 1.165) is 18.5 Å². The standard InChI is InChI=1S/C15H21N3O3/c16-7-4-8-17(11-13-5-2-1-3-6-13)12-14(19)18-9-10-21-15(18)20/h1-3,5-6H,4,7-12,16H2. The van der Waals surface area contributed by atoms with Crippen LogP contribution in [0.5, 0.6) is 0 Å². The highest BCUT2D eigenvalue weighted by atomic mass is 16.6. The molecule has 0 aromatic heterocycles. The largest absolute Gasteiger partial charge is 0.447 e. The summed E-state index contributed by atoms with van der Waals surface area (Å²) in [6, 6.07) is 9.93. The van der Waals surface area contributed by atoms with Gasteiger partial charge in [0, 0.05) is 13.1 Å². The normalized spacial score (nSPS) is 14.6. The van der Waals surface area contributed by atoms with E-state index in [1.54, 1.807) is 0 Å². The lowest BCUT2D eigenvalue weighted by Crippen LogP contribution is -2.41. The summed E-state index contributed by atoms with van der Waals surface area (Å²) in [6.07, 6.45) is 0.267. The Kier molecular flexibility index (Phi) is 5.71. The summed E-state index contributed by atoms with van der Waals surface area (Å²) in [4.78, 5) is 26.8. The molecule has 1 aromatic carbocycles. The fraction of sp³-hybridized carbons (Fsp3) is 0.467. The molecule has 0 bridgehead atoms. The van der Waals surface area contributed by atoms with E-state index in [9.17, 15) is 9.59 Å². The van der Waals surface area contributed by atoms with Crippen LogP contribution in [0, 0.1) is 0 Å². The summed E-state index contributed by atoms with van der Waals surface area (Å²) in [5.41, 5.74) is 6.68. The van der Waals surface area contributed by atoms with Crippen LogP contribution in [0.25, 0.3) is 0 Å². The van der Waals surface area contributed by atoms with E-state index in [2.05, 4.69) is 0 Å². The topological polar surface area (TPSA) is 75.9 Å². The lowest BCUT2D eigenvalue weighted by atomic mass is 10.2. The molecule has 2 rings (SSSR count). The van der Waals surface area contributed by atoms with Gasteiger partial charge in [0.1, 0.15) is 6.61 Å². The van der Waals surface area contributed by atoms with Crippen molar-refractivity contribution in [2.75, 3.05) is 32.8 Å². The van der Waals surface area contributed by atoms with E-state index in [0.29, 0.717) is 19.6 Å². The van der Waals surface area contributed by atoms with Gasteiger partial charge in [0.05, 0.1) is 13.1 Å². The monoisotopic (exact) mass is 291 g/mol. The first-order chi connectivity index (χ1) is 10.2. The number of ether oxygens (including phenoxy) is 1. The van der Waals surface area contributed by atoms with Crippen LogP contribution in [-0.2, 0) is 16.1 Å². The Bertz CT molecular complexity index is 478. The van der Waals surface area contributed by atoms with E-state index in [1.165, 1.54) is 4.90 Å². The van der Waals surface area contributed by atoms with Crippen molar-refractivity contribution < 1.29 is 14.3 Å².